The zero-order chi connectivity index (χ0) is 20.7. The summed E-state index contributed by atoms with van der Waals surface area (Å²) in [6, 6.07) is 8.51. The molecule has 0 radical (unpaired) electrons. The van der Waals surface area contributed by atoms with Crippen LogP contribution in [0.4, 0.5) is 13.2 Å². The van der Waals surface area contributed by atoms with Gasteiger partial charge < -0.3 is 5.73 Å². The molecule has 2 unspecified atom stereocenters. The molecule has 0 saturated heterocycles. The highest BCUT2D eigenvalue weighted by Crippen LogP contribution is 2.39. The van der Waals surface area contributed by atoms with Gasteiger partial charge in [-0.2, -0.15) is 13.2 Å². The van der Waals surface area contributed by atoms with Crippen LogP contribution in [0.1, 0.15) is 12.5 Å². The number of rotatable bonds is 3. The van der Waals surface area contributed by atoms with E-state index in [1.807, 2.05) is 0 Å². The summed E-state index contributed by atoms with van der Waals surface area (Å²) in [5.74, 6) is -0.825. The third-order valence-electron chi connectivity index (χ3n) is 4.63. The number of alkyl halides is 3. The number of carbonyl (C=O) groups is 1. The molecule has 0 bridgehead atoms. The van der Waals surface area contributed by atoms with E-state index in [1.165, 1.54) is 19.1 Å². The summed E-state index contributed by atoms with van der Waals surface area (Å²) in [7, 11) is 0. The molecule has 2 aromatic rings. The van der Waals surface area contributed by atoms with Crippen molar-refractivity contribution in [2.24, 2.45) is 10.7 Å². The van der Waals surface area contributed by atoms with Crippen molar-refractivity contribution in [2.45, 2.75) is 24.6 Å². The number of nitrogens with zero attached hydrogens (tertiary/aromatic N) is 2. The number of halogens is 5. The first-order valence-electron chi connectivity index (χ1n) is 8.13. The highest BCUT2D eigenvalue weighted by Gasteiger charge is 2.47. The molecule has 1 aromatic heterocycles. The fourth-order valence-electron chi connectivity index (χ4n) is 3.18. The Labute approximate surface area is 168 Å². The number of aliphatic imine (C=N–C) groups is 1. The zero-order valence-electron chi connectivity index (χ0n) is 14.5. The van der Waals surface area contributed by atoms with Crippen molar-refractivity contribution in [3.8, 4) is 11.3 Å². The molecule has 28 heavy (non-hydrogen) atoms. The minimum atomic E-state index is -4.62. The molecule has 9 heteroatoms. The normalized spacial score (nSPS) is 22.1. The van der Waals surface area contributed by atoms with E-state index in [9.17, 15) is 18.0 Å². The molecule has 4 nitrogen and oxygen atoms in total. The van der Waals surface area contributed by atoms with Crippen LogP contribution < -0.4 is 5.73 Å². The number of benzene rings is 1. The highest BCUT2D eigenvalue weighted by molar-refractivity contribution is 6.33. The Morgan fingerprint density at radius 2 is 1.93 bits per heavy atom. The Hall–Kier alpha value is -2.38. The average molecular weight is 428 g/mol. The number of amides is 1. The topological polar surface area (TPSA) is 68.3 Å². The molecule has 1 aliphatic rings. The lowest BCUT2D eigenvalue weighted by molar-refractivity contribution is -0.122. The van der Waals surface area contributed by atoms with Crippen LogP contribution >= 0.6 is 23.2 Å². The number of dihydropyridines is 1. The van der Waals surface area contributed by atoms with Gasteiger partial charge in [0.2, 0.25) is 5.91 Å². The van der Waals surface area contributed by atoms with Gasteiger partial charge in [-0.3, -0.25) is 9.79 Å². The molecule has 2 heterocycles. The minimum absolute atomic E-state index is 0.244. The fourth-order valence-corrected chi connectivity index (χ4v) is 3.55. The van der Waals surface area contributed by atoms with Crippen molar-refractivity contribution in [1.29, 1.82) is 0 Å². The van der Waals surface area contributed by atoms with Crippen LogP contribution in [-0.2, 0) is 10.2 Å². The second kappa shape index (κ2) is 7.22. The second-order valence-corrected chi connectivity index (χ2v) is 7.09. The molecule has 3 rings (SSSR count). The largest absolute Gasteiger partial charge is 0.432 e. The van der Waals surface area contributed by atoms with Gasteiger partial charge in [0, 0.05) is 10.6 Å². The lowest BCUT2D eigenvalue weighted by atomic mass is 9.72. The molecular formula is C19H14Cl2F3N3O. The van der Waals surface area contributed by atoms with Crippen molar-refractivity contribution < 1.29 is 18.0 Å². The van der Waals surface area contributed by atoms with Crippen LogP contribution in [0.25, 0.3) is 11.3 Å². The number of primary amides is 1. The first-order chi connectivity index (χ1) is 13.1. The predicted molar refractivity (Wildman–Crippen MR) is 103 cm³/mol. The monoisotopic (exact) mass is 427 g/mol. The number of hydrogen-bond donors (Lipinski definition) is 1. The van der Waals surface area contributed by atoms with Gasteiger partial charge >= 0.3 is 6.18 Å². The van der Waals surface area contributed by atoms with Crippen LogP contribution in [-0.4, -0.2) is 28.8 Å². The summed E-state index contributed by atoms with van der Waals surface area (Å²) >= 11 is 12.2. The molecule has 1 aromatic carbocycles. The van der Waals surface area contributed by atoms with Gasteiger partial charge in [0.05, 0.1) is 11.7 Å². The molecule has 0 saturated carbocycles. The van der Waals surface area contributed by atoms with E-state index in [2.05, 4.69) is 9.98 Å². The van der Waals surface area contributed by atoms with Crippen LogP contribution in [0.15, 0.2) is 53.5 Å². The minimum Gasteiger partial charge on any atom is -0.369 e. The van der Waals surface area contributed by atoms with Gasteiger partial charge in [-0.25, -0.2) is 4.98 Å². The van der Waals surface area contributed by atoms with Crippen molar-refractivity contribution in [1.82, 2.24) is 4.98 Å². The quantitative estimate of drug-likeness (QED) is 0.718. The predicted octanol–water partition coefficient (Wildman–Crippen LogP) is 4.74. The summed E-state index contributed by atoms with van der Waals surface area (Å²) in [5.41, 5.74) is 4.26. The summed E-state index contributed by atoms with van der Waals surface area (Å²) in [5, 5.41) is 0.582. The van der Waals surface area contributed by atoms with E-state index >= 15 is 0 Å². The Morgan fingerprint density at radius 3 is 2.50 bits per heavy atom. The lowest BCUT2D eigenvalue weighted by Gasteiger charge is -2.35. The number of hydrogen-bond acceptors (Lipinski definition) is 3. The molecular weight excluding hydrogens is 414 g/mol. The molecule has 0 fully saturated rings. The molecule has 0 aliphatic carbocycles. The van der Waals surface area contributed by atoms with E-state index in [0.717, 1.165) is 12.2 Å². The van der Waals surface area contributed by atoms with Crippen molar-refractivity contribution >= 4 is 34.8 Å². The number of allylic oxidation sites excluding steroid dienone is 1. The Balaban J connectivity index is 2.16. The molecule has 2 N–H and O–H groups in total. The number of nitrogens with two attached hydrogens (primary N) is 1. The summed E-state index contributed by atoms with van der Waals surface area (Å²) in [6.45, 7) is 1.41. The Morgan fingerprint density at radius 1 is 1.21 bits per heavy atom. The van der Waals surface area contributed by atoms with Crippen molar-refractivity contribution in [2.75, 3.05) is 0 Å². The van der Waals surface area contributed by atoms with Crippen LogP contribution in [0, 0.1) is 0 Å². The van der Waals surface area contributed by atoms with Crippen LogP contribution in [0.3, 0.4) is 0 Å². The SMILES string of the molecule is CC1N=C(C(F)(F)F)C=CC1(C(N)=O)c1ccc(Cl)c(-c2cccc(Cl)n2)c1. The van der Waals surface area contributed by atoms with E-state index in [4.69, 9.17) is 28.9 Å². The maximum Gasteiger partial charge on any atom is 0.432 e. The van der Waals surface area contributed by atoms with Gasteiger partial charge in [0.25, 0.3) is 0 Å². The van der Waals surface area contributed by atoms with E-state index in [0.29, 0.717) is 21.8 Å². The Bertz CT molecular complexity index is 1000. The van der Waals surface area contributed by atoms with Crippen LogP contribution in [0.5, 0.6) is 0 Å². The van der Waals surface area contributed by atoms with Gasteiger partial charge in [-0.05, 0) is 42.8 Å². The molecule has 2 atom stereocenters. The third kappa shape index (κ3) is 3.52. The molecule has 0 spiro atoms. The maximum atomic E-state index is 13.0. The molecule has 1 amide bonds. The number of carbonyl (C=O) groups excluding carboxylic acids is 1. The third-order valence-corrected chi connectivity index (χ3v) is 5.17. The van der Waals surface area contributed by atoms with Gasteiger partial charge in [0.15, 0.2) is 0 Å². The second-order valence-electron chi connectivity index (χ2n) is 6.29. The average Bonchev–Trinajstić information content (AvgIpc) is 2.61. The van der Waals surface area contributed by atoms with Gasteiger partial charge in [0.1, 0.15) is 16.3 Å². The highest BCUT2D eigenvalue weighted by atomic mass is 35.5. The summed E-state index contributed by atoms with van der Waals surface area (Å²) in [4.78, 5) is 20.3. The van der Waals surface area contributed by atoms with Gasteiger partial charge in [-0.1, -0.05) is 41.4 Å². The van der Waals surface area contributed by atoms with E-state index in [-0.39, 0.29) is 5.15 Å². The zero-order valence-corrected chi connectivity index (χ0v) is 16.0. The number of aromatic nitrogens is 1. The fraction of sp³-hybridized carbons (Fsp3) is 0.211. The van der Waals surface area contributed by atoms with Gasteiger partial charge in [-0.15, -0.1) is 0 Å². The van der Waals surface area contributed by atoms with E-state index < -0.39 is 29.3 Å². The summed E-state index contributed by atoms with van der Waals surface area (Å²) in [6.07, 6.45) is -2.70. The first-order valence-corrected chi connectivity index (χ1v) is 8.88. The van der Waals surface area contributed by atoms with E-state index in [1.54, 1.807) is 24.3 Å². The van der Waals surface area contributed by atoms with Crippen molar-refractivity contribution in [3.63, 3.8) is 0 Å². The summed E-state index contributed by atoms with van der Waals surface area (Å²) < 4.78 is 39.0. The standard InChI is InChI=1S/C19H14Cl2F3N3O/c1-10-18(17(25)28,8-7-15(26-10)19(22,23)24)11-5-6-13(20)12(9-11)14-3-2-4-16(21)27-14/h2-10H,1H3,(H2,25,28). The lowest BCUT2D eigenvalue weighted by Crippen LogP contribution is -2.49. The number of pyridine rings is 1. The first kappa shape index (κ1) is 20.4. The maximum absolute atomic E-state index is 13.0. The van der Waals surface area contributed by atoms with Crippen LogP contribution in [0.2, 0.25) is 10.2 Å². The molecule has 146 valence electrons. The molecule has 1 aliphatic heterocycles. The van der Waals surface area contributed by atoms with Crippen molar-refractivity contribution in [3.05, 3.63) is 64.3 Å². The smallest absolute Gasteiger partial charge is 0.369 e. The Kier molecular flexibility index (Phi) is 5.25.